The van der Waals surface area contributed by atoms with E-state index in [-0.39, 0.29) is 12.4 Å². The normalized spacial score (nSPS) is 11.2. The van der Waals surface area contributed by atoms with Gasteiger partial charge in [0.2, 0.25) is 0 Å². The van der Waals surface area contributed by atoms with Gasteiger partial charge in [0, 0.05) is 11.8 Å². The first-order valence-corrected chi connectivity index (χ1v) is 4.65. The number of benzene rings is 1. The van der Waals surface area contributed by atoms with Crippen molar-refractivity contribution in [1.82, 2.24) is 0 Å². The molecule has 0 fully saturated rings. The van der Waals surface area contributed by atoms with Crippen LogP contribution < -0.4 is 10.5 Å². The number of aryl methyl sites for hydroxylation is 1. The summed E-state index contributed by atoms with van der Waals surface area (Å²) >= 11 is 0. The van der Waals surface area contributed by atoms with Crippen LogP contribution in [0.3, 0.4) is 0 Å². The molecule has 1 aromatic carbocycles. The summed E-state index contributed by atoms with van der Waals surface area (Å²) in [5, 5.41) is 0. The van der Waals surface area contributed by atoms with Crippen molar-refractivity contribution < 1.29 is 14.3 Å². The largest absolute Gasteiger partial charge is 0.479 e. The Kier molecular flexibility index (Phi) is 5.67. The number of carbonyl (C=O) groups is 1. The maximum absolute atomic E-state index is 11.1. The number of hydrogen-bond donors (Lipinski definition) is 1. The van der Waals surface area contributed by atoms with E-state index in [1.54, 1.807) is 19.1 Å². The second kappa shape index (κ2) is 6.23. The molecule has 0 radical (unpaired) electrons. The van der Waals surface area contributed by atoms with E-state index in [1.807, 2.05) is 13.0 Å². The maximum atomic E-state index is 11.1. The SMILES string of the molecule is COC(=O)C(C)Oc1cc(N)ccc1C.Cl. The second-order valence-electron chi connectivity index (χ2n) is 3.31. The molecule has 5 heteroatoms. The lowest BCUT2D eigenvalue weighted by Crippen LogP contribution is -2.25. The van der Waals surface area contributed by atoms with Gasteiger partial charge in [-0.15, -0.1) is 12.4 Å². The van der Waals surface area contributed by atoms with Crippen molar-refractivity contribution in [1.29, 1.82) is 0 Å². The summed E-state index contributed by atoms with van der Waals surface area (Å²) in [5.74, 6) is 0.199. The molecule has 0 aliphatic carbocycles. The molecule has 0 heterocycles. The summed E-state index contributed by atoms with van der Waals surface area (Å²) in [6, 6.07) is 5.31. The van der Waals surface area contributed by atoms with E-state index in [1.165, 1.54) is 7.11 Å². The van der Waals surface area contributed by atoms with Crippen molar-refractivity contribution in [2.24, 2.45) is 0 Å². The highest BCUT2D eigenvalue weighted by Gasteiger charge is 2.15. The van der Waals surface area contributed by atoms with Gasteiger partial charge in [0.25, 0.3) is 0 Å². The minimum absolute atomic E-state index is 0. The topological polar surface area (TPSA) is 61.5 Å². The van der Waals surface area contributed by atoms with E-state index in [9.17, 15) is 4.79 Å². The zero-order valence-electron chi connectivity index (χ0n) is 9.52. The number of hydrogen-bond acceptors (Lipinski definition) is 4. The molecule has 2 N–H and O–H groups in total. The van der Waals surface area contributed by atoms with Crippen LogP contribution in [0, 0.1) is 6.92 Å². The average molecular weight is 246 g/mol. The fraction of sp³-hybridized carbons (Fsp3) is 0.364. The van der Waals surface area contributed by atoms with Gasteiger partial charge in [0.05, 0.1) is 7.11 Å². The highest BCUT2D eigenvalue weighted by molar-refractivity contribution is 5.85. The predicted molar refractivity (Wildman–Crippen MR) is 64.9 cm³/mol. The van der Waals surface area contributed by atoms with E-state index in [0.717, 1.165) is 5.56 Å². The number of anilines is 1. The van der Waals surface area contributed by atoms with Crippen LogP contribution in [-0.2, 0) is 9.53 Å². The molecule has 0 aliphatic heterocycles. The van der Waals surface area contributed by atoms with Crippen LogP contribution in [0.2, 0.25) is 0 Å². The van der Waals surface area contributed by atoms with Crippen molar-refractivity contribution >= 4 is 24.1 Å². The molecule has 16 heavy (non-hydrogen) atoms. The molecule has 90 valence electrons. The Balaban J connectivity index is 0.00000225. The van der Waals surface area contributed by atoms with Crippen LogP contribution in [0.15, 0.2) is 18.2 Å². The Morgan fingerprint density at radius 2 is 2.06 bits per heavy atom. The van der Waals surface area contributed by atoms with Crippen molar-refractivity contribution in [3.8, 4) is 5.75 Å². The third kappa shape index (κ3) is 3.62. The van der Waals surface area contributed by atoms with Crippen LogP contribution in [0.4, 0.5) is 5.69 Å². The Bertz CT molecular complexity index is 368. The summed E-state index contributed by atoms with van der Waals surface area (Å²) in [7, 11) is 1.33. The van der Waals surface area contributed by atoms with Crippen molar-refractivity contribution in [2.75, 3.05) is 12.8 Å². The number of halogens is 1. The molecule has 0 saturated heterocycles. The molecule has 0 aliphatic rings. The summed E-state index contributed by atoms with van der Waals surface area (Å²) in [5.41, 5.74) is 7.15. The number of ether oxygens (including phenoxy) is 2. The van der Waals surface area contributed by atoms with Crippen molar-refractivity contribution in [2.45, 2.75) is 20.0 Å². The fourth-order valence-electron chi connectivity index (χ4n) is 1.15. The number of carbonyl (C=O) groups excluding carboxylic acids is 1. The Hall–Kier alpha value is -1.42. The molecular weight excluding hydrogens is 230 g/mol. The van der Waals surface area contributed by atoms with Crippen molar-refractivity contribution in [3.05, 3.63) is 23.8 Å². The number of esters is 1. The Morgan fingerprint density at radius 3 is 2.62 bits per heavy atom. The van der Waals surface area contributed by atoms with Crippen molar-refractivity contribution in [3.63, 3.8) is 0 Å². The van der Waals surface area contributed by atoms with Gasteiger partial charge < -0.3 is 15.2 Å². The molecule has 1 rings (SSSR count). The summed E-state index contributed by atoms with van der Waals surface area (Å²) in [6.45, 7) is 3.52. The van der Waals surface area contributed by atoms with Gasteiger partial charge in [-0.3, -0.25) is 0 Å². The first kappa shape index (κ1) is 14.6. The van der Waals surface area contributed by atoms with E-state index in [2.05, 4.69) is 4.74 Å². The number of rotatable bonds is 3. The Labute approximate surface area is 101 Å². The number of nitrogens with two attached hydrogens (primary N) is 1. The highest BCUT2D eigenvalue weighted by atomic mass is 35.5. The minimum atomic E-state index is -0.629. The second-order valence-corrected chi connectivity index (χ2v) is 3.31. The monoisotopic (exact) mass is 245 g/mol. The van der Waals surface area contributed by atoms with E-state index < -0.39 is 12.1 Å². The first-order valence-electron chi connectivity index (χ1n) is 4.65. The molecular formula is C11H16ClNO3. The molecule has 1 atom stereocenters. The maximum Gasteiger partial charge on any atom is 0.346 e. The predicted octanol–water partition coefficient (Wildman–Crippen LogP) is 1.94. The summed E-state index contributed by atoms with van der Waals surface area (Å²) < 4.78 is 9.98. The first-order chi connectivity index (χ1) is 7.04. The van der Waals surface area contributed by atoms with Gasteiger partial charge in [-0.25, -0.2) is 4.79 Å². The zero-order valence-corrected chi connectivity index (χ0v) is 10.3. The van der Waals surface area contributed by atoms with Gasteiger partial charge in [-0.2, -0.15) is 0 Å². The molecule has 0 saturated carbocycles. The standard InChI is InChI=1S/C11H15NO3.ClH/c1-7-4-5-9(12)6-10(7)15-8(2)11(13)14-3;/h4-6,8H,12H2,1-3H3;1H. The van der Waals surface area contributed by atoms with Gasteiger partial charge in [0.15, 0.2) is 6.10 Å². The highest BCUT2D eigenvalue weighted by Crippen LogP contribution is 2.22. The van der Waals surface area contributed by atoms with Gasteiger partial charge >= 0.3 is 5.97 Å². The van der Waals surface area contributed by atoms with Gasteiger partial charge in [-0.1, -0.05) is 6.07 Å². The lowest BCUT2D eigenvalue weighted by Gasteiger charge is -2.14. The molecule has 1 aromatic rings. The molecule has 1 unspecified atom stereocenters. The van der Waals surface area contributed by atoms with Crippen LogP contribution in [-0.4, -0.2) is 19.2 Å². The third-order valence-corrected chi connectivity index (χ3v) is 2.05. The molecule has 0 spiro atoms. The zero-order chi connectivity index (χ0) is 11.4. The third-order valence-electron chi connectivity index (χ3n) is 2.05. The van der Waals surface area contributed by atoms with Crippen LogP contribution >= 0.6 is 12.4 Å². The fourth-order valence-corrected chi connectivity index (χ4v) is 1.15. The van der Waals surface area contributed by atoms with E-state index in [4.69, 9.17) is 10.5 Å². The van der Waals surface area contributed by atoms with E-state index >= 15 is 0 Å². The smallest absolute Gasteiger partial charge is 0.346 e. The van der Waals surface area contributed by atoms with Gasteiger partial charge in [0.1, 0.15) is 5.75 Å². The lowest BCUT2D eigenvalue weighted by molar-refractivity contribution is -0.147. The van der Waals surface area contributed by atoms with Crippen LogP contribution in [0.5, 0.6) is 5.75 Å². The lowest BCUT2D eigenvalue weighted by atomic mass is 10.2. The number of nitrogen functional groups attached to an aromatic ring is 1. The van der Waals surface area contributed by atoms with Crippen LogP contribution in [0.1, 0.15) is 12.5 Å². The molecule has 0 aromatic heterocycles. The quantitative estimate of drug-likeness (QED) is 0.653. The van der Waals surface area contributed by atoms with Crippen LogP contribution in [0.25, 0.3) is 0 Å². The Morgan fingerprint density at radius 1 is 1.44 bits per heavy atom. The van der Waals surface area contributed by atoms with E-state index in [0.29, 0.717) is 11.4 Å². The summed E-state index contributed by atoms with van der Waals surface area (Å²) in [4.78, 5) is 11.1. The van der Waals surface area contributed by atoms with Gasteiger partial charge in [-0.05, 0) is 25.5 Å². The molecule has 0 bridgehead atoms. The molecule has 4 nitrogen and oxygen atoms in total. The number of methoxy groups -OCH3 is 1. The minimum Gasteiger partial charge on any atom is -0.479 e. The summed E-state index contributed by atoms with van der Waals surface area (Å²) in [6.07, 6.45) is -0.629. The average Bonchev–Trinajstić information content (AvgIpc) is 2.22. The molecule has 0 amide bonds.